The zero-order valence-electron chi connectivity index (χ0n) is 19.7. The molecule has 1 saturated heterocycles. The summed E-state index contributed by atoms with van der Waals surface area (Å²) in [6.07, 6.45) is 2.86. The fraction of sp³-hybridized carbons (Fsp3) is 0.385. The molecule has 34 heavy (non-hydrogen) atoms. The molecule has 2 amide bonds. The first-order chi connectivity index (χ1) is 16.6. The second-order valence-corrected chi connectivity index (χ2v) is 8.80. The van der Waals surface area contributed by atoms with Gasteiger partial charge in [-0.2, -0.15) is 5.10 Å². The van der Waals surface area contributed by atoms with Gasteiger partial charge in [0.1, 0.15) is 5.75 Å². The van der Waals surface area contributed by atoms with E-state index in [4.69, 9.17) is 26.2 Å². The summed E-state index contributed by atoms with van der Waals surface area (Å²) >= 11 is 6.41. The Bertz CT molecular complexity index is 1100. The number of rotatable bonds is 9. The second kappa shape index (κ2) is 11.4. The van der Waals surface area contributed by atoms with Gasteiger partial charge in [-0.25, -0.2) is 9.48 Å². The number of aromatic nitrogens is 2. The molecular weight excluding hydrogens is 452 g/mol. The maximum atomic E-state index is 13.1. The average Bonchev–Trinajstić information content (AvgIpc) is 3.47. The molecule has 1 N–H and O–H groups in total. The summed E-state index contributed by atoms with van der Waals surface area (Å²) < 4.78 is 14.0. The molecule has 1 atom stereocenters. The van der Waals surface area contributed by atoms with E-state index in [0.717, 1.165) is 42.8 Å². The van der Waals surface area contributed by atoms with Gasteiger partial charge in [0.2, 0.25) is 5.88 Å². The van der Waals surface area contributed by atoms with Crippen molar-refractivity contribution in [1.29, 1.82) is 0 Å². The van der Waals surface area contributed by atoms with Crippen molar-refractivity contribution >= 4 is 17.6 Å². The van der Waals surface area contributed by atoms with Crippen LogP contribution in [0.25, 0.3) is 5.69 Å². The van der Waals surface area contributed by atoms with Crippen molar-refractivity contribution in [3.8, 4) is 17.3 Å². The predicted octanol–water partition coefficient (Wildman–Crippen LogP) is 5.73. The normalized spacial score (nSPS) is 15.3. The van der Waals surface area contributed by atoms with Crippen LogP contribution in [0.15, 0.2) is 54.6 Å². The molecule has 4 rings (SSSR count). The summed E-state index contributed by atoms with van der Waals surface area (Å²) in [5.41, 5.74) is 2.47. The first kappa shape index (κ1) is 24.1. The lowest BCUT2D eigenvalue weighted by molar-refractivity contribution is 0.0793. The van der Waals surface area contributed by atoms with E-state index < -0.39 is 0 Å². The van der Waals surface area contributed by atoms with Crippen LogP contribution in [0.4, 0.5) is 4.79 Å². The number of carbonyl (C=O) groups excluding carboxylic acids is 1. The third kappa shape index (κ3) is 5.72. The molecule has 0 bridgehead atoms. The third-order valence-corrected chi connectivity index (χ3v) is 6.10. The fourth-order valence-corrected chi connectivity index (χ4v) is 4.16. The largest absolute Gasteiger partial charge is 0.437 e. The number of aryl methyl sites for hydroxylation is 1. The van der Waals surface area contributed by atoms with Gasteiger partial charge in [0.15, 0.2) is 0 Å². The van der Waals surface area contributed by atoms with E-state index in [1.165, 1.54) is 0 Å². The molecule has 1 aliphatic rings. The maximum absolute atomic E-state index is 13.1. The summed E-state index contributed by atoms with van der Waals surface area (Å²) in [5, 5.41) is 8.28. The molecule has 0 unspecified atom stereocenters. The van der Waals surface area contributed by atoms with Crippen molar-refractivity contribution in [2.45, 2.75) is 45.8 Å². The van der Waals surface area contributed by atoms with E-state index in [0.29, 0.717) is 36.3 Å². The summed E-state index contributed by atoms with van der Waals surface area (Å²) in [6, 6.07) is 17.0. The molecule has 0 saturated carbocycles. The highest BCUT2D eigenvalue weighted by Gasteiger charge is 2.27. The highest BCUT2D eigenvalue weighted by atomic mass is 35.5. The Kier molecular flexibility index (Phi) is 8.08. The number of para-hydroxylation sites is 2. The molecule has 2 heterocycles. The number of hydrogen-bond acceptors (Lipinski definition) is 4. The SMILES string of the molecule is CCCNC(=O)N(Cc1c(C)nn(-c2ccccc2)c1Oc1ccccc1Cl)C[C@H]1CCCO1. The monoisotopic (exact) mass is 482 g/mol. The highest BCUT2D eigenvalue weighted by molar-refractivity contribution is 6.32. The Balaban J connectivity index is 1.71. The van der Waals surface area contributed by atoms with E-state index in [1.807, 2.05) is 62.4 Å². The number of nitrogens with zero attached hydrogens (tertiary/aromatic N) is 3. The van der Waals surface area contributed by atoms with Gasteiger partial charge in [-0.1, -0.05) is 48.9 Å². The van der Waals surface area contributed by atoms with Crippen LogP contribution in [0.3, 0.4) is 0 Å². The number of carbonyl (C=O) groups is 1. The summed E-state index contributed by atoms with van der Waals surface area (Å²) in [4.78, 5) is 14.9. The maximum Gasteiger partial charge on any atom is 0.317 e. The van der Waals surface area contributed by atoms with E-state index in [1.54, 1.807) is 15.6 Å². The minimum absolute atomic E-state index is 0.0322. The molecule has 8 heteroatoms. The van der Waals surface area contributed by atoms with Gasteiger partial charge in [0.25, 0.3) is 0 Å². The topological polar surface area (TPSA) is 68.6 Å². The zero-order chi connectivity index (χ0) is 23.9. The number of amides is 2. The van der Waals surface area contributed by atoms with Gasteiger partial charge in [0, 0.05) is 19.7 Å². The first-order valence-corrected chi connectivity index (χ1v) is 12.1. The summed E-state index contributed by atoms with van der Waals surface area (Å²) in [6.45, 7) is 6.18. The Morgan fingerprint density at radius 2 is 2.00 bits per heavy atom. The third-order valence-electron chi connectivity index (χ3n) is 5.79. The lowest BCUT2D eigenvalue weighted by Gasteiger charge is -2.26. The molecular formula is C26H31ClN4O3. The Labute approximate surface area is 205 Å². The number of urea groups is 1. The molecule has 0 aliphatic carbocycles. The number of ether oxygens (including phenoxy) is 2. The Morgan fingerprint density at radius 3 is 2.71 bits per heavy atom. The van der Waals surface area contributed by atoms with Crippen LogP contribution in [0.2, 0.25) is 5.02 Å². The quantitative estimate of drug-likeness (QED) is 0.423. The molecule has 180 valence electrons. The smallest absolute Gasteiger partial charge is 0.317 e. The van der Waals surface area contributed by atoms with Gasteiger partial charge in [-0.3, -0.25) is 0 Å². The molecule has 0 spiro atoms. The molecule has 7 nitrogen and oxygen atoms in total. The van der Waals surface area contributed by atoms with Gasteiger partial charge < -0.3 is 19.7 Å². The van der Waals surface area contributed by atoms with E-state index >= 15 is 0 Å². The van der Waals surface area contributed by atoms with Gasteiger partial charge in [-0.05, 0) is 50.5 Å². The fourth-order valence-electron chi connectivity index (χ4n) is 3.99. The number of hydrogen-bond donors (Lipinski definition) is 1. The number of nitrogens with one attached hydrogen (secondary N) is 1. The lowest BCUT2D eigenvalue weighted by Crippen LogP contribution is -2.43. The Hall–Kier alpha value is -3.03. The van der Waals surface area contributed by atoms with E-state index in [-0.39, 0.29) is 12.1 Å². The van der Waals surface area contributed by atoms with Crippen LogP contribution in [0, 0.1) is 6.92 Å². The van der Waals surface area contributed by atoms with Crippen LogP contribution in [-0.4, -0.2) is 46.5 Å². The predicted molar refractivity (Wildman–Crippen MR) is 133 cm³/mol. The van der Waals surface area contributed by atoms with Crippen molar-refractivity contribution < 1.29 is 14.3 Å². The van der Waals surface area contributed by atoms with Crippen LogP contribution >= 0.6 is 11.6 Å². The minimum Gasteiger partial charge on any atom is -0.437 e. The van der Waals surface area contributed by atoms with E-state index in [9.17, 15) is 4.79 Å². The summed E-state index contributed by atoms with van der Waals surface area (Å²) in [5.74, 6) is 1.07. The molecule has 1 fully saturated rings. The highest BCUT2D eigenvalue weighted by Crippen LogP contribution is 2.35. The lowest BCUT2D eigenvalue weighted by atomic mass is 10.2. The molecule has 2 aromatic carbocycles. The minimum atomic E-state index is -0.118. The number of halogens is 1. The summed E-state index contributed by atoms with van der Waals surface area (Å²) in [7, 11) is 0. The van der Waals surface area contributed by atoms with Crippen molar-refractivity contribution in [2.24, 2.45) is 0 Å². The second-order valence-electron chi connectivity index (χ2n) is 8.40. The van der Waals surface area contributed by atoms with Crippen LogP contribution in [-0.2, 0) is 11.3 Å². The first-order valence-electron chi connectivity index (χ1n) is 11.8. The number of benzene rings is 2. The van der Waals surface area contributed by atoms with Crippen LogP contribution < -0.4 is 10.1 Å². The zero-order valence-corrected chi connectivity index (χ0v) is 20.4. The van der Waals surface area contributed by atoms with Crippen LogP contribution in [0.1, 0.15) is 37.4 Å². The van der Waals surface area contributed by atoms with Crippen LogP contribution in [0.5, 0.6) is 11.6 Å². The van der Waals surface area contributed by atoms with E-state index in [2.05, 4.69) is 5.32 Å². The van der Waals surface area contributed by atoms with Gasteiger partial charge in [0.05, 0.1) is 34.6 Å². The van der Waals surface area contributed by atoms with Gasteiger partial charge >= 0.3 is 6.03 Å². The average molecular weight is 483 g/mol. The Morgan fingerprint density at radius 1 is 1.24 bits per heavy atom. The van der Waals surface area contributed by atoms with Gasteiger partial charge in [-0.15, -0.1) is 0 Å². The van der Waals surface area contributed by atoms with Crippen molar-refractivity contribution in [1.82, 2.24) is 20.0 Å². The van der Waals surface area contributed by atoms with Crippen molar-refractivity contribution in [3.05, 3.63) is 70.9 Å². The van der Waals surface area contributed by atoms with Crippen molar-refractivity contribution in [2.75, 3.05) is 19.7 Å². The molecule has 1 aliphatic heterocycles. The molecule has 1 aromatic heterocycles. The van der Waals surface area contributed by atoms with Crippen molar-refractivity contribution in [3.63, 3.8) is 0 Å². The molecule has 0 radical (unpaired) electrons. The standard InChI is InChI=1S/C26H31ClN4O3/c1-3-15-28-26(32)30(17-21-12-9-16-33-21)18-22-19(2)29-31(20-10-5-4-6-11-20)25(22)34-24-14-8-7-13-23(24)27/h4-8,10-11,13-14,21H,3,9,12,15-18H2,1-2H3,(H,28,32)/t21-/m1/s1. The molecule has 3 aromatic rings.